The lowest BCUT2D eigenvalue weighted by atomic mass is 9.82. The van der Waals surface area contributed by atoms with Crippen molar-refractivity contribution >= 4 is 33.2 Å². The lowest BCUT2D eigenvalue weighted by molar-refractivity contribution is -0.157. The first kappa shape index (κ1) is 14.7. The zero-order chi connectivity index (χ0) is 17.0. The molecule has 126 valence electrons. The van der Waals surface area contributed by atoms with Gasteiger partial charge in [0.25, 0.3) is 0 Å². The Labute approximate surface area is 145 Å². The fraction of sp³-hybridized carbons (Fsp3) is 0.286. The van der Waals surface area contributed by atoms with Crippen LogP contribution >= 0.6 is 0 Å². The number of hydrogen-bond donors (Lipinski definition) is 1. The summed E-state index contributed by atoms with van der Waals surface area (Å²) in [5.41, 5.74) is 2.33. The van der Waals surface area contributed by atoms with E-state index < -0.39 is 0 Å². The number of carbonyl (C=O) groups excluding carboxylic acids is 1. The molecule has 0 aromatic heterocycles. The van der Waals surface area contributed by atoms with E-state index >= 15 is 0 Å². The SMILES string of the molecule is CC(=O)O[C@H]1CO[C@H]2C[C@@H]1c1ccc3cc4ccccc4cc3c1N2. The smallest absolute Gasteiger partial charge is 0.303 e. The maximum atomic E-state index is 11.5. The molecule has 0 radical (unpaired) electrons. The Hall–Kier alpha value is -2.59. The zero-order valence-corrected chi connectivity index (χ0v) is 14.0. The molecule has 1 N–H and O–H groups in total. The fourth-order valence-electron chi connectivity index (χ4n) is 4.20. The van der Waals surface area contributed by atoms with Crippen LogP contribution in [0.3, 0.4) is 0 Å². The molecular weight excluding hydrogens is 314 g/mol. The van der Waals surface area contributed by atoms with Crippen molar-refractivity contribution in [1.82, 2.24) is 0 Å². The number of esters is 1. The predicted octanol–water partition coefficient (Wildman–Crippen LogP) is 4.18. The minimum absolute atomic E-state index is 0.0265. The quantitative estimate of drug-likeness (QED) is 0.536. The van der Waals surface area contributed by atoms with Crippen LogP contribution in [0.4, 0.5) is 5.69 Å². The molecule has 0 amide bonds. The van der Waals surface area contributed by atoms with Crippen LogP contribution in [0.5, 0.6) is 0 Å². The van der Waals surface area contributed by atoms with Gasteiger partial charge in [-0.2, -0.15) is 0 Å². The Balaban J connectivity index is 1.69. The molecule has 4 heteroatoms. The maximum absolute atomic E-state index is 11.5. The lowest BCUT2D eigenvalue weighted by Gasteiger charge is -2.42. The summed E-state index contributed by atoms with van der Waals surface area (Å²) < 4.78 is 11.4. The van der Waals surface area contributed by atoms with Gasteiger partial charge in [0.1, 0.15) is 12.3 Å². The monoisotopic (exact) mass is 333 g/mol. The maximum Gasteiger partial charge on any atom is 0.303 e. The summed E-state index contributed by atoms with van der Waals surface area (Å²) in [6.07, 6.45) is 0.582. The second kappa shape index (κ2) is 5.46. The molecule has 0 aliphatic carbocycles. The van der Waals surface area contributed by atoms with Crippen LogP contribution in [-0.4, -0.2) is 24.9 Å². The lowest BCUT2D eigenvalue weighted by Crippen LogP contribution is -2.45. The number of carbonyl (C=O) groups is 1. The summed E-state index contributed by atoms with van der Waals surface area (Å²) in [6.45, 7) is 1.90. The van der Waals surface area contributed by atoms with Gasteiger partial charge in [-0.05, 0) is 33.9 Å². The number of fused-ring (bicyclic) bond motifs is 7. The summed E-state index contributed by atoms with van der Waals surface area (Å²) in [5.74, 6) is -0.0753. The van der Waals surface area contributed by atoms with E-state index in [1.165, 1.54) is 34.0 Å². The van der Waals surface area contributed by atoms with E-state index in [9.17, 15) is 4.79 Å². The first-order valence-electron chi connectivity index (χ1n) is 8.70. The number of nitrogens with one attached hydrogen (secondary N) is 1. The zero-order valence-electron chi connectivity index (χ0n) is 14.0. The van der Waals surface area contributed by atoms with E-state index in [-0.39, 0.29) is 24.2 Å². The average molecular weight is 333 g/mol. The van der Waals surface area contributed by atoms with Crippen molar-refractivity contribution in [2.24, 2.45) is 0 Å². The third kappa shape index (κ3) is 2.36. The molecule has 0 saturated carbocycles. The normalized spacial score (nSPS) is 24.6. The van der Waals surface area contributed by atoms with E-state index in [0.717, 1.165) is 12.1 Å². The first-order chi connectivity index (χ1) is 12.2. The van der Waals surface area contributed by atoms with Gasteiger partial charge < -0.3 is 14.8 Å². The minimum Gasteiger partial charge on any atom is -0.459 e. The average Bonchev–Trinajstić information content (AvgIpc) is 2.62. The van der Waals surface area contributed by atoms with Crippen LogP contribution in [0, 0.1) is 0 Å². The van der Waals surface area contributed by atoms with Gasteiger partial charge >= 0.3 is 5.97 Å². The highest BCUT2D eigenvalue weighted by molar-refractivity contribution is 6.05. The molecule has 5 rings (SSSR count). The Morgan fingerprint density at radius 3 is 2.72 bits per heavy atom. The molecular formula is C21H19NO3. The minimum atomic E-state index is -0.251. The number of benzene rings is 3. The highest BCUT2D eigenvalue weighted by Crippen LogP contribution is 2.44. The molecule has 1 saturated heterocycles. The molecule has 3 aromatic carbocycles. The van der Waals surface area contributed by atoms with Gasteiger partial charge in [-0.3, -0.25) is 4.79 Å². The van der Waals surface area contributed by atoms with Crippen LogP contribution in [0.25, 0.3) is 21.5 Å². The third-order valence-corrected chi connectivity index (χ3v) is 5.32. The molecule has 2 aliphatic rings. The second-order valence-electron chi connectivity index (χ2n) is 6.91. The third-order valence-electron chi connectivity index (χ3n) is 5.32. The molecule has 2 bridgehead atoms. The van der Waals surface area contributed by atoms with Crippen molar-refractivity contribution in [3.05, 3.63) is 54.1 Å². The van der Waals surface area contributed by atoms with E-state index in [0.29, 0.717) is 6.61 Å². The topological polar surface area (TPSA) is 47.6 Å². The fourth-order valence-corrected chi connectivity index (χ4v) is 4.20. The molecule has 2 aliphatic heterocycles. The van der Waals surface area contributed by atoms with Gasteiger partial charge in [0.05, 0.1) is 6.61 Å². The van der Waals surface area contributed by atoms with E-state index in [1.807, 2.05) is 0 Å². The molecule has 1 fully saturated rings. The van der Waals surface area contributed by atoms with Gasteiger partial charge in [-0.15, -0.1) is 0 Å². The van der Waals surface area contributed by atoms with Crippen molar-refractivity contribution in [2.75, 3.05) is 11.9 Å². The number of hydrogen-bond acceptors (Lipinski definition) is 4. The highest BCUT2D eigenvalue weighted by Gasteiger charge is 2.39. The molecule has 3 atom stereocenters. The van der Waals surface area contributed by atoms with Crippen molar-refractivity contribution in [3.63, 3.8) is 0 Å². The van der Waals surface area contributed by atoms with Crippen molar-refractivity contribution < 1.29 is 14.3 Å². The Morgan fingerprint density at radius 2 is 1.92 bits per heavy atom. The van der Waals surface area contributed by atoms with Gasteiger partial charge in [-0.25, -0.2) is 0 Å². The van der Waals surface area contributed by atoms with E-state index in [2.05, 4.69) is 53.8 Å². The Morgan fingerprint density at radius 1 is 1.12 bits per heavy atom. The Bertz CT molecular complexity index is 997. The summed E-state index contributed by atoms with van der Waals surface area (Å²) in [4.78, 5) is 11.5. The van der Waals surface area contributed by atoms with Crippen LogP contribution in [0.2, 0.25) is 0 Å². The predicted molar refractivity (Wildman–Crippen MR) is 97.7 cm³/mol. The van der Waals surface area contributed by atoms with Crippen molar-refractivity contribution in [2.45, 2.75) is 31.6 Å². The van der Waals surface area contributed by atoms with Gasteiger partial charge in [-0.1, -0.05) is 36.4 Å². The number of ether oxygens (including phenoxy) is 2. The summed E-state index contributed by atoms with van der Waals surface area (Å²) in [7, 11) is 0. The molecule has 4 nitrogen and oxygen atoms in total. The van der Waals surface area contributed by atoms with Crippen LogP contribution in [0.1, 0.15) is 24.8 Å². The van der Waals surface area contributed by atoms with Crippen LogP contribution in [0.15, 0.2) is 48.5 Å². The molecule has 25 heavy (non-hydrogen) atoms. The van der Waals surface area contributed by atoms with Crippen LogP contribution in [-0.2, 0) is 14.3 Å². The Kier molecular flexibility index (Phi) is 3.22. The largest absolute Gasteiger partial charge is 0.459 e. The van der Waals surface area contributed by atoms with Crippen molar-refractivity contribution in [1.29, 1.82) is 0 Å². The summed E-state index contributed by atoms with van der Waals surface area (Å²) in [5, 5.41) is 8.40. The van der Waals surface area contributed by atoms with Crippen LogP contribution < -0.4 is 5.32 Å². The molecule has 0 spiro atoms. The van der Waals surface area contributed by atoms with E-state index in [1.54, 1.807) is 0 Å². The molecule has 2 heterocycles. The summed E-state index contributed by atoms with van der Waals surface area (Å²) >= 11 is 0. The standard InChI is InChI=1S/C21H19NO3/c1-12(23)25-19-11-24-20-10-18(19)16-7-6-15-8-13-4-2-3-5-14(13)9-17(15)21(16)22-20/h2-9,18-20,22H,10-11H2,1H3/t18-,19+,20+/m1/s1. The van der Waals surface area contributed by atoms with Gasteiger partial charge in [0, 0.05) is 30.3 Å². The van der Waals surface area contributed by atoms with Gasteiger partial charge in [0.2, 0.25) is 0 Å². The van der Waals surface area contributed by atoms with Crippen molar-refractivity contribution in [3.8, 4) is 0 Å². The number of anilines is 1. The van der Waals surface area contributed by atoms with Gasteiger partial charge in [0.15, 0.2) is 0 Å². The molecule has 3 aromatic rings. The van der Waals surface area contributed by atoms with E-state index in [4.69, 9.17) is 9.47 Å². The molecule has 0 unspecified atom stereocenters. The summed E-state index contributed by atoms with van der Waals surface area (Å²) in [6, 6.07) is 17.2. The number of rotatable bonds is 1. The highest BCUT2D eigenvalue weighted by atomic mass is 16.6. The first-order valence-corrected chi connectivity index (χ1v) is 8.70. The second-order valence-corrected chi connectivity index (χ2v) is 6.91.